The van der Waals surface area contributed by atoms with Gasteiger partial charge in [0, 0.05) is 11.6 Å². The minimum Gasteiger partial charge on any atom is -0.486 e. The first-order chi connectivity index (χ1) is 8.58. The molecule has 0 fully saturated rings. The second-order valence-corrected chi connectivity index (χ2v) is 4.77. The van der Waals surface area contributed by atoms with E-state index in [1.54, 1.807) is 18.2 Å². The Morgan fingerprint density at radius 3 is 2.50 bits per heavy atom. The molecule has 0 aromatic heterocycles. The van der Waals surface area contributed by atoms with Gasteiger partial charge in [0.2, 0.25) is 0 Å². The summed E-state index contributed by atoms with van der Waals surface area (Å²) in [6.07, 6.45) is 0. The number of benzene rings is 1. The van der Waals surface area contributed by atoms with Gasteiger partial charge in [-0.25, -0.2) is 0 Å². The third-order valence-electron chi connectivity index (χ3n) is 2.80. The van der Waals surface area contributed by atoms with Gasteiger partial charge in [0.25, 0.3) is 0 Å². The van der Waals surface area contributed by atoms with E-state index in [-0.39, 0.29) is 17.9 Å². The van der Waals surface area contributed by atoms with Crippen LogP contribution in [0.15, 0.2) is 18.2 Å². The van der Waals surface area contributed by atoms with E-state index < -0.39 is 0 Å². The molecular formula is C14H19NO3. The van der Waals surface area contributed by atoms with Crippen molar-refractivity contribution in [3.8, 4) is 11.5 Å². The second kappa shape index (κ2) is 5.40. The van der Waals surface area contributed by atoms with Crippen molar-refractivity contribution >= 4 is 5.78 Å². The molecule has 0 radical (unpaired) electrons. The van der Waals surface area contributed by atoms with E-state index in [4.69, 9.17) is 9.47 Å². The molecule has 1 aromatic rings. The van der Waals surface area contributed by atoms with Gasteiger partial charge in [0.05, 0.1) is 6.04 Å². The minimum atomic E-state index is -0.201. The van der Waals surface area contributed by atoms with Crippen LogP contribution in [0.2, 0.25) is 0 Å². The third-order valence-corrected chi connectivity index (χ3v) is 2.80. The van der Waals surface area contributed by atoms with E-state index >= 15 is 0 Å². The number of Topliss-reactive ketones (excluding diaryl/α,β-unsaturated/α-hetero) is 1. The SMILES string of the molecule is CC(C)NC(C)C(=O)c1ccc2c(c1)OCCO2. The maximum atomic E-state index is 12.2. The van der Waals surface area contributed by atoms with Crippen molar-refractivity contribution in [1.82, 2.24) is 5.32 Å². The Labute approximate surface area is 107 Å². The van der Waals surface area contributed by atoms with Gasteiger partial charge >= 0.3 is 0 Å². The summed E-state index contributed by atoms with van der Waals surface area (Å²) in [6, 6.07) is 5.42. The van der Waals surface area contributed by atoms with Crippen molar-refractivity contribution < 1.29 is 14.3 Å². The van der Waals surface area contributed by atoms with Gasteiger partial charge in [-0.1, -0.05) is 13.8 Å². The molecule has 0 amide bonds. The lowest BCUT2D eigenvalue weighted by molar-refractivity contribution is 0.0945. The van der Waals surface area contributed by atoms with E-state index in [2.05, 4.69) is 5.32 Å². The lowest BCUT2D eigenvalue weighted by atomic mass is 10.0. The molecule has 1 aliphatic rings. The molecule has 0 saturated heterocycles. The van der Waals surface area contributed by atoms with Gasteiger partial charge in [0.15, 0.2) is 17.3 Å². The van der Waals surface area contributed by atoms with Crippen molar-refractivity contribution in [3.63, 3.8) is 0 Å². The summed E-state index contributed by atoms with van der Waals surface area (Å²) in [6.45, 7) is 7.01. The van der Waals surface area contributed by atoms with Gasteiger partial charge in [-0.2, -0.15) is 0 Å². The first kappa shape index (κ1) is 12.9. The Hall–Kier alpha value is -1.55. The predicted octanol–water partition coefficient (Wildman–Crippen LogP) is 2.03. The Bertz CT molecular complexity index is 443. The van der Waals surface area contributed by atoms with Crippen LogP contribution >= 0.6 is 0 Å². The summed E-state index contributed by atoms with van der Waals surface area (Å²) in [5, 5.41) is 3.20. The zero-order valence-electron chi connectivity index (χ0n) is 11.0. The molecule has 0 saturated carbocycles. The fourth-order valence-electron chi connectivity index (χ4n) is 2.02. The van der Waals surface area contributed by atoms with Crippen LogP contribution in [0.4, 0.5) is 0 Å². The quantitative estimate of drug-likeness (QED) is 0.829. The maximum absolute atomic E-state index is 12.2. The highest BCUT2D eigenvalue weighted by atomic mass is 16.6. The summed E-state index contributed by atoms with van der Waals surface area (Å²) < 4.78 is 10.9. The Morgan fingerprint density at radius 1 is 1.17 bits per heavy atom. The van der Waals surface area contributed by atoms with Crippen molar-refractivity contribution in [2.45, 2.75) is 32.9 Å². The molecule has 4 heteroatoms. The Kier molecular flexibility index (Phi) is 3.87. The molecular weight excluding hydrogens is 230 g/mol. The highest BCUT2D eigenvalue weighted by molar-refractivity contribution is 6.00. The van der Waals surface area contributed by atoms with E-state index in [0.717, 1.165) is 0 Å². The maximum Gasteiger partial charge on any atom is 0.179 e. The lowest BCUT2D eigenvalue weighted by Gasteiger charge is -2.20. The molecule has 1 N–H and O–H groups in total. The van der Waals surface area contributed by atoms with E-state index in [0.29, 0.717) is 30.3 Å². The first-order valence-electron chi connectivity index (χ1n) is 6.28. The summed E-state index contributed by atoms with van der Waals surface area (Å²) in [5.41, 5.74) is 0.653. The molecule has 0 bridgehead atoms. The number of carbonyl (C=O) groups excluding carboxylic acids is 1. The van der Waals surface area contributed by atoms with Crippen molar-refractivity contribution in [3.05, 3.63) is 23.8 Å². The average molecular weight is 249 g/mol. The first-order valence-corrected chi connectivity index (χ1v) is 6.28. The van der Waals surface area contributed by atoms with Crippen LogP contribution in [-0.4, -0.2) is 31.1 Å². The van der Waals surface area contributed by atoms with Gasteiger partial charge in [-0.05, 0) is 25.1 Å². The Balaban J connectivity index is 2.15. The summed E-state index contributed by atoms with van der Waals surface area (Å²) in [5.74, 6) is 1.44. The summed E-state index contributed by atoms with van der Waals surface area (Å²) >= 11 is 0. The van der Waals surface area contributed by atoms with E-state index in [1.165, 1.54) is 0 Å². The molecule has 98 valence electrons. The third kappa shape index (κ3) is 2.82. The van der Waals surface area contributed by atoms with Crippen LogP contribution < -0.4 is 14.8 Å². The fraction of sp³-hybridized carbons (Fsp3) is 0.500. The molecule has 0 aliphatic carbocycles. The second-order valence-electron chi connectivity index (χ2n) is 4.77. The van der Waals surface area contributed by atoms with Crippen LogP contribution in [0.1, 0.15) is 31.1 Å². The molecule has 1 aliphatic heterocycles. The Morgan fingerprint density at radius 2 is 1.83 bits per heavy atom. The average Bonchev–Trinajstić information content (AvgIpc) is 2.36. The van der Waals surface area contributed by atoms with E-state index in [1.807, 2.05) is 20.8 Å². The molecule has 1 unspecified atom stereocenters. The molecule has 18 heavy (non-hydrogen) atoms. The molecule has 1 atom stereocenters. The minimum absolute atomic E-state index is 0.0701. The highest BCUT2D eigenvalue weighted by Crippen LogP contribution is 2.31. The predicted molar refractivity (Wildman–Crippen MR) is 69.5 cm³/mol. The number of carbonyl (C=O) groups is 1. The van der Waals surface area contributed by atoms with Gasteiger partial charge < -0.3 is 14.8 Å². The zero-order chi connectivity index (χ0) is 13.1. The normalized spacial score (nSPS) is 15.6. The van der Waals surface area contributed by atoms with Gasteiger partial charge in [-0.15, -0.1) is 0 Å². The largest absolute Gasteiger partial charge is 0.486 e. The standard InChI is InChI=1S/C14H19NO3/c1-9(2)15-10(3)14(16)11-4-5-12-13(8-11)18-7-6-17-12/h4-5,8-10,15H,6-7H2,1-3H3. The number of hydrogen-bond acceptors (Lipinski definition) is 4. The smallest absolute Gasteiger partial charge is 0.179 e. The molecule has 1 aromatic carbocycles. The number of hydrogen-bond donors (Lipinski definition) is 1. The van der Waals surface area contributed by atoms with Gasteiger partial charge in [0.1, 0.15) is 13.2 Å². The number of nitrogens with one attached hydrogen (secondary N) is 1. The summed E-state index contributed by atoms with van der Waals surface area (Å²) in [4.78, 5) is 12.2. The van der Waals surface area contributed by atoms with Crippen LogP contribution in [0.5, 0.6) is 11.5 Å². The van der Waals surface area contributed by atoms with Crippen LogP contribution in [0, 0.1) is 0 Å². The van der Waals surface area contributed by atoms with E-state index in [9.17, 15) is 4.79 Å². The van der Waals surface area contributed by atoms with Gasteiger partial charge in [-0.3, -0.25) is 4.79 Å². The molecule has 2 rings (SSSR count). The van der Waals surface area contributed by atoms with Crippen LogP contribution in [0.3, 0.4) is 0 Å². The van der Waals surface area contributed by atoms with Crippen LogP contribution in [-0.2, 0) is 0 Å². The van der Waals surface area contributed by atoms with Crippen molar-refractivity contribution in [2.24, 2.45) is 0 Å². The van der Waals surface area contributed by atoms with Crippen molar-refractivity contribution in [2.75, 3.05) is 13.2 Å². The van der Waals surface area contributed by atoms with Crippen molar-refractivity contribution in [1.29, 1.82) is 0 Å². The molecule has 0 spiro atoms. The number of ketones is 1. The molecule has 1 heterocycles. The lowest BCUT2D eigenvalue weighted by Crippen LogP contribution is -2.38. The highest BCUT2D eigenvalue weighted by Gasteiger charge is 2.19. The van der Waals surface area contributed by atoms with Crippen LogP contribution in [0.25, 0.3) is 0 Å². The number of fused-ring (bicyclic) bond motifs is 1. The summed E-state index contributed by atoms with van der Waals surface area (Å²) in [7, 11) is 0. The number of ether oxygens (including phenoxy) is 2. The fourth-order valence-corrected chi connectivity index (χ4v) is 2.02. The molecule has 4 nitrogen and oxygen atoms in total. The monoisotopic (exact) mass is 249 g/mol. The topological polar surface area (TPSA) is 47.6 Å². The number of rotatable bonds is 4. The zero-order valence-corrected chi connectivity index (χ0v) is 11.0.